The third-order valence-electron chi connectivity index (χ3n) is 2.23. The highest BCUT2D eigenvalue weighted by atomic mass is 16.1. The molecule has 1 aromatic rings. The lowest BCUT2D eigenvalue weighted by Crippen LogP contribution is -2.37. The van der Waals surface area contributed by atoms with Gasteiger partial charge in [-0.25, -0.2) is 0 Å². The van der Waals surface area contributed by atoms with Gasteiger partial charge in [0.15, 0.2) is 0 Å². The molecule has 0 radical (unpaired) electrons. The van der Waals surface area contributed by atoms with Crippen molar-refractivity contribution in [2.24, 2.45) is 5.73 Å². The number of amides is 1. The van der Waals surface area contributed by atoms with Gasteiger partial charge in [0, 0.05) is 24.8 Å². The average molecular weight is 223 g/mol. The minimum atomic E-state index is -0.223. The van der Waals surface area contributed by atoms with E-state index in [0.717, 1.165) is 12.8 Å². The zero-order valence-electron chi connectivity index (χ0n) is 9.32. The minimum Gasteiger partial charge on any atom is -0.350 e. The molecule has 0 saturated heterocycles. The van der Waals surface area contributed by atoms with Crippen LogP contribution in [0.1, 0.15) is 30.1 Å². The highest BCUT2D eigenvalue weighted by molar-refractivity contribution is 5.93. The van der Waals surface area contributed by atoms with E-state index in [1.54, 1.807) is 0 Å². The molecule has 1 rings (SSSR count). The van der Waals surface area contributed by atoms with Gasteiger partial charge in [0.1, 0.15) is 0 Å². The van der Waals surface area contributed by atoms with Crippen LogP contribution in [0.3, 0.4) is 0 Å². The van der Waals surface area contributed by atoms with Crippen molar-refractivity contribution in [3.63, 3.8) is 0 Å². The van der Waals surface area contributed by atoms with E-state index in [1.165, 1.54) is 18.3 Å². The standard InChI is InChI=1S/C11H17N3O2/c1-2-3-9(12)7-14-11(16)8-4-5-10(15)13-6-8/h4-6,9H,2-3,7,12H2,1H3,(H,13,15)(H,14,16). The van der Waals surface area contributed by atoms with Crippen LogP contribution in [0.25, 0.3) is 0 Å². The van der Waals surface area contributed by atoms with Crippen LogP contribution < -0.4 is 16.6 Å². The number of pyridine rings is 1. The average Bonchev–Trinajstić information content (AvgIpc) is 2.27. The molecule has 5 heteroatoms. The number of hydrogen-bond acceptors (Lipinski definition) is 3. The number of nitrogens with two attached hydrogens (primary N) is 1. The monoisotopic (exact) mass is 223 g/mol. The summed E-state index contributed by atoms with van der Waals surface area (Å²) in [4.78, 5) is 24.8. The van der Waals surface area contributed by atoms with E-state index in [2.05, 4.69) is 10.3 Å². The lowest BCUT2D eigenvalue weighted by molar-refractivity contribution is 0.0950. The Labute approximate surface area is 94.1 Å². The molecule has 4 N–H and O–H groups in total. The van der Waals surface area contributed by atoms with Gasteiger partial charge in [0.05, 0.1) is 5.56 Å². The predicted octanol–water partition coefficient (Wildman–Crippen LogP) is 0.232. The van der Waals surface area contributed by atoms with Crippen LogP contribution >= 0.6 is 0 Å². The Balaban J connectivity index is 2.46. The maximum absolute atomic E-state index is 11.6. The lowest BCUT2D eigenvalue weighted by Gasteiger charge is -2.11. The maximum Gasteiger partial charge on any atom is 0.252 e. The SMILES string of the molecule is CCCC(N)CNC(=O)c1ccc(=O)[nH]c1. The molecule has 0 aromatic carbocycles. The van der Waals surface area contributed by atoms with E-state index in [0.29, 0.717) is 12.1 Å². The Kier molecular flexibility index (Phi) is 4.72. The van der Waals surface area contributed by atoms with Gasteiger partial charge in [-0.3, -0.25) is 9.59 Å². The summed E-state index contributed by atoms with van der Waals surface area (Å²) in [5, 5.41) is 2.72. The highest BCUT2D eigenvalue weighted by Crippen LogP contribution is 1.95. The van der Waals surface area contributed by atoms with E-state index in [1.807, 2.05) is 6.92 Å². The van der Waals surface area contributed by atoms with Crippen LogP contribution in [-0.2, 0) is 0 Å². The first kappa shape index (κ1) is 12.4. The van der Waals surface area contributed by atoms with Gasteiger partial charge in [-0.15, -0.1) is 0 Å². The Hall–Kier alpha value is -1.62. The summed E-state index contributed by atoms with van der Waals surface area (Å²) in [6.45, 7) is 2.50. The molecule has 0 saturated carbocycles. The van der Waals surface area contributed by atoms with Crippen LogP contribution in [0.4, 0.5) is 0 Å². The highest BCUT2D eigenvalue weighted by Gasteiger charge is 2.07. The first-order valence-corrected chi connectivity index (χ1v) is 5.36. The van der Waals surface area contributed by atoms with Crippen molar-refractivity contribution in [2.75, 3.05) is 6.54 Å². The Morgan fingerprint density at radius 2 is 2.31 bits per heavy atom. The van der Waals surface area contributed by atoms with Gasteiger partial charge in [-0.2, -0.15) is 0 Å². The van der Waals surface area contributed by atoms with Gasteiger partial charge in [0.2, 0.25) is 5.56 Å². The van der Waals surface area contributed by atoms with Gasteiger partial charge >= 0.3 is 0 Å². The van der Waals surface area contributed by atoms with Crippen LogP contribution in [-0.4, -0.2) is 23.5 Å². The van der Waals surface area contributed by atoms with Gasteiger partial charge in [-0.1, -0.05) is 13.3 Å². The largest absolute Gasteiger partial charge is 0.350 e. The molecule has 1 heterocycles. The van der Waals surface area contributed by atoms with Crippen molar-refractivity contribution in [3.05, 3.63) is 34.2 Å². The summed E-state index contributed by atoms with van der Waals surface area (Å²) in [6, 6.07) is 2.79. The van der Waals surface area contributed by atoms with E-state index in [4.69, 9.17) is 5.73 Å². The topological polar surface area (TPSA) is 88.0 Å². The number of nitrogens with one attached hydrogen (secondary N) is 2. The number of H-pyrrole nitrogens is 1. The second kappa shape index (κ2) is 6.07. The predicted molar refractivity (Wildman–Crippen MR) is 62.3 cm³/mol. The fourth-order valence-electron chi connectivity index (χ4n) is 1.35. The molecule has 1 unspecified atom stereocenters. The fraction of sp³-hybridized carbons (Fsp3) is 0.455. The zero-order valence-corrected chi connectivity index (χ0v) is 9.32. The minimum absolute atomic E-state index is 0.0169. The number of aromatic nitrogens is 1. The van der Waals surface area contributed by atoms with Gasteiger partial charge in [-0.05, 0) is 12.5 Å². The molecule has 16 heavy (non-hydrogen) atoms. The van der Waals surface area contributed by atoms with Crippen molar-refractivity contribution in [1.29, 1.82) is 0 Å². The summed E-state index contributed by atoms with van der Waals surface area (Å²) in [5.74, 6) is -0.220. The first-order chi connectivity index (χ1) is 7.63. The molecule has 0 aliphatic heterocycles. The number of aromatic amines is 1. The molecular formula is C11H17N3O2. The quantitative estimate of drug-likeness (QED) is 0.667. The van der Waals surface area contributed by atoms with Gasteiger partial charge in [0.25, 0.3) is 5.91 Å². The second-order valence-corrected chi connectivity index (χ2v) is 3.70. The summed E-state index contributed by atoms with van der Waals surface area (Å²) < 4.78 is 0. The summed E-state index contributed by atoms with van der Waals surface area (Å²) in [5.41, 5.74) is 5.97. The van der Waals surface area contributed by atoms with Crippen molar-refractivity contribution in [2.45, 2.75) is 25.8 Å². The number of carbonyl (C=O) groups is 1. The van der Waals surface area contributed by atoms with Crippen LogP contribution in [0, 0.1) is 0 Å². The first-order valence-electron chi connectivity index (χ1n) is 5.36. The molecule has 0 fully saturated rings. The summed E-state index contributed by atoms with van der Waals surface area (Å²) in [7, 11) is 0. The lowest BCUT2D eigenvalue weighted by atomic mass is 10.2. The van der Waals surface area contributed by atoms with Crippen molar-refractivity contribution in [1.82, 2.24) is 10.3 Å². The maximum atomic E-state index is 11.6. The third-order valence-corrected chi connectivity index (χ3v) is 2.23. The molecule has 0 aliphatic rings. The third kappa shape index (κ3) is 3.86. The number of rotatable bonds is 5. The van der Waals surface area contributed by atoms with Crippen molar-refractivity contribution < 1.29 is 4.79 Å². The van der Waals surface area contributed by atoms with E-state index in [9.17, 15) is 9.59 Å². The Morgan fingerprint density at radius 3 is 2.88 bits per heavy atom. The summed E-state index contributed by atoms with van der Waals surface area (Å²) in [6.07, 6.45) is 3.27. The van der Waals surface area contributed by atoms with Crippen LogP contribution in [0.2, 0.25) is 0 Å². The number of carbonyl (C=O) groups excluding carboxylic acids is 1. The molecule has 0 bridgehead atoms. The van der Waals surface area contributed by atoms with E-state index in [-0.39, 0.29) is 17.5 Å². The molecule has 88 valence electrons. The van der Waals surface area contributed by atoms with E-state index < -0.39 is 0 Å². The smallest absolute Gasteiger partial charge is 0.252 e. The fourth-order valence-corrected chi connectivity index (χ4v) is 1.35. The molecule has 5 nitrogen and oxygen atoms in total. The van der Waals surface area contributed by atoms with Crippen molar-refractivity contribution in [3.8, 4) is 0 Å². The molecule has 1 aromatic heterocycles. The molecule has 0 aliphatic carbocycles. The number of hydrogen-bond donors (Lipinski definition) is 3. The van der Waals surface area contributed by atoms with Crippen LogP contribution in [0.15, 0.2) is 23.1 Å². The van der Waals surface area contributed by atoms with E-state index >= 15 is 0 Å². The zero-order chi connectivity index (χ0) is 12.0. The van der Waals surface area contributed by atoms with Crippen LogP contribution in [0.5, 0.6) is 0 Å². The molecule has 1 amide bonds. The molecule has 0 spiro atoms. The molecule has 1 atom stereocenters. The second-order valence-electron chi connectivity index (χ2n) is 3.70. The molecular weight excluding hydrogens is 206 g/mol. The van der Waals surface area contributed by atoms with Crippen molar-refractivity contribution >= 4 is 5.91 Å². The Morgan fingerprint density at radius 1 is 1.56 bits per heavy atom. The summed E-state index contributed by atoms with van der Waals surface area (Å²) >= 11 is 0. The Bertz CT molecular complexity index is 380. The van der Waals surface area contributed by atoms with Gasteiger partial charge < -0.3 is 16.0 Å². The normalized spacial score (nSPS) is 12.1.